The van der Waals surface area contributed by atoms with Gasteiger partial charge in [0.15, 0.2) is 5.78 Å². The van der Waals surface area contributed by atoms with Gasteiger partial charge in [-0.3, -0.25) is 9.69 Å². The minimum atomic E-state index is 0.262. The molecule has 1 saturated heterocycles. The molecule has 0 aromatic heterocycles. The van der Waals surface area contributed by atoms with E-state index in [0.717, 1.165) is 25.1 Å². The summed E-state index contributed by atoms with van der Waals surface area (Å²) in [5.41, 5.74) is 1.10. The molecule has 2 unspecified atom stereocenters. The molecule has 1 aromatic rings. The van der Waals surface area contributed by atoms with Crippen LogP contribution in [0.25, 0.3) is 0 Å². The fraction of sp³-hybridized carbons (Fsp3) is 0.562. The molecule has 1 aliphatic heterocycles. The highest BCUT2D eigenvalue weighted by atomic mass is 16.5. The van der Waals surface area contributed by atoms with Crippen molar-refractivity contribution in [2.45, 2.75) is 25.9 Å². The fourth-order valence-corrected chi connectivity index (χ4v) is 2.68. The predicted molar refractivity (Wildman–Crippen MR) is 76.2 cm³/mol. The van der Waals surface area contributed by atoms with Crippen molar-refractivity contribution in [3.05, 3.63) is 35.9 Å². The first-order valence-corrected chi connectivity index (χ1v) is 7.00. The summed E-state index contributed by atoms with van der Waals surface area (Å²) in [6.07, 6.45) is 1.90. The molecular formula is C16H23NO2. The van der Waals surface area contributed by atoms with Gasteiger partial charge in [-0.1, -0.05) is 37.3 Å². The van der Waals surface area contributed by atoms with Crippen LogP contribution in [0.3, 0.4) is 0 Å². The number of hydrogen-bond donors (Lipinski definition) is 0. The van der Waals surface area contributed by atoms with Crippen molar-refractivity contribution in [3.8, 4) is 0 Å². The molecule has 0 bridgehead atoms. The van der Waals surface area contributed by atoms with Crippen LogP contribution in [-0.2, 0) is 16.0 Å². The first-order chi connectivity index (χ1) is 9.19. The van der Waals surface area contributed by atoms with Crippen molar-refractivity contribution in [3.63, 3.8) is 0 Å². The highest BCUT2D eigenvalue weighted by Gasteiger charge is 2.26. The molecule has 0 N–H and O–H groups in total. The van der Waals surface area contributed by atoms with E-state index in [4.69, 9.17) is 4.74 Å². The Morgan fingerprint density at radius 3 is 2.79 bits per heavy atom. The van der Waals surface area contributed by atoms with Crippen LogP contribution in [0.4, 0.5) is 0 Å². The number of piperidine rings is 1. The molecule has 0 spiro atoms. The van der Waals surface area contributed by atoms with Gasteiger partial charge in [-0.25, -0.2) is 0 Å². The second-order valence-electron chi connectivity index (χ2n) is 5.48. The number of ether oxygens (including phenoxy) is 1. The number of ketones is 1. The van der Waals surface area contributed by atoms with Crippen molar-refractivity contribution in [2.75, 3.05) is 26.7 Å². The van der Waals surface area contributed by atoms with Gasteiger partial charge in [0.2, 0.25) is 0 Å². The normalized spacial score (nSPS) is 24.3. The molecule has 3 nitrogen and oxygen atoms in total. The molecule has 0 aliphatic carbocycles. The van der Waals surface area contributed by atoms with Crippen LogP contribution in [0, 0.1) is 5.92 Å². The number of hydrogen-bond acceptors (Lipinski definition) is 3. The molecule has 1 fully saturated rings. The molecule has 1 aliphatic rings. The van der Waals surface area contributed by atoms with Crippen LogP contribution in [0.5, 0.6) is 0 Å². The predicted octanol–water partition coefficient (Wildman–Crippen LogP) is 2.16. The standard InChI is InChI=1S/C16H23NO2/c1-13-8-9-17(12-16(13)19-2)11-15(18)10-14-6-4-3-5-7-14/h3-7,13,16H,8-12H2,1-2H3. The highest BCUT2D eigenvalue weighted by molar-refractivity contribution is 5.82. The van der Waals surface area contributed by atoms with E-state index >= 15 is 0 Å². The first kappa shape index (κ1) is 14.2. The van der Waals surface area contributed by atoms with E-state index in [1.165, 1.54) is 0 Å². The third kappa shape index (κ3) is 4.15. The van der Waals surface area contributed by atoms with Crippen LogP contribution >= 0.6 is 0 Å². The molecule has 19 heavy (non-hydrogen) atoms. The largest absolute Gasteiger partial charge is 0.380 e. The molecular weight excluding hydrogens is 238 g/mol. The third-order valence-electron chi connectivity index (χ3n) is 3.92. The van der Waals surface area contributed by atoms with E-state index in [-0.39, 0.29) is 11.9 Å². The minimum absolute atomic E-state index is 0.262. The molecule has 1 aromatic carbocycles. The van der Waals surface area contributed by atoms with Gasteiger partial charge >= 0.3 is 0 Å². The van der Waals surface area contributed by atoms with Gasteiger partial charge < -0.3 is 4.74 Å². The maximum absolute atomic E-state index is 12.1. The Balaban J connectivity index is 1.82. The SMILES string of the molecule is COC1CN(CC(=O)Cc2ccccc2)CCC1C. The van der Waals surface area contributed by atoms with Crippen LogP contribution in [0.15, 0.2) is 30.3 Å². The average Bonchev–Trinajstić information content (AvgIpc) is 2.42. The Labute approximate surface area is 115 Å². The van der Waals surface area contributed by atoms with Gasteiger partial charge in [0.05, 0.1) is 12.6 Å². The van der Waals surface area contributed by atoms with Crippen LogP contribution < -0.4 is 0 Å². The number of Topliss-reactive ketones (excluding diaryl/α,β-unsaturated/α-hetero) is 1. The van der Waals surface area contributed by atoms with Crippen molar-refractivity contribution < 1.29 is 9.53 Å². The van der Waals surface area contributed by atoms with Crippen molar-refractivity contribution in [1.82, 2.24) is 4.90 Å². The van der Waals surface area contributed by atoms with Crippen molar-refractivity contribution in [2.24, 2.45) is 5.92 Å². The molecule has 3 heteroatoms. The lowest BCUT2D eigenvalue weighted by molar-refractivity contribution is -0.120. The van der Waals surface area contributed by atoms with Gasteiger partial charge in [-0.15, -0.1) is 0 Å². The lowest BCUT2D eigenvalue weighted by Gasteiger charge is -2.35. The van der Waals surface area contributed by atoms with Gasteiger partial charge in [0.25, 0.3) is 0 Å². The lowest BCUT2D eigenvalue weighted by Crippen LogP contribution is -2.45. The Morgan fingerprint density at radius 1 is 1.37 bits per heavy atom. The highest BCUT2D eigenvalue weighted by Crippen LogP contribution is 2.19. The van der Waals surface area contributed by atoms with Gasteiger partial charge in [-0.05, 0) is 24.4 Å². The molecule has 0 saturated carbocycles. The third-order valence-corrected chi connectivity index (χ3v) is 3.92. The summed E-state index contributed by atoms with van der Waals surface area (Å²) in [6.45, 7) is 4.64. The zero-order chi connectivity index (χ0) is 13.7. The van der Waals surface area contributed by atoms with E-state index in [1.807, 2.05) is 30.3 Å². The van der Waals surface area contributed by atoms with E-state index in [0.29, 0.717) is 18.9 Å². The zero-order valence-corrected chi connectivity index (χ0v) is 11.8. The van der Waals surface area contributed by atoms with Gasteiger partial charge in [0, 0.05) is 20.1 Å². The second-order valence-corrected chi connectivity index (χ2v) is 5.48. The molecule has 0 amide bonds. The van der Waals surface area contributed by atoms with Crippen molar-refractivity contribution >= 4 is 5.78 Å². The maximum Gasteiger partial charge on any atom is 0.151 e. The van der Waals surface area contributed by atoms with E-state index < -0.39 is 0 Å². The number of carbonyl (C=O) groups is 1. The molecule has 1 heterocycles. The van der Waals surface area contributed by atoms with Gasteiger partial charge in [-0.2, -0.15) is 0 Å². The Morgan fingerprint density at radius 2 is 2.11 bits per heavy atom. The quantitative estimate of drug-likeness (QED) is 0.813. The zero-order valence-electron chi connectivity index (χ0n) is 11.8. The average molecular weight is 261 g/mol. The van der Waals surface area contributed by atoms with Crippen LogP contribution in [0.2, 0.25) is 0 Å². The topological polar surface area (TPSA) is 29.5 Å². The summed E-state index contributed by atoms with van der Waals surface area (Å²) in [4.78, 5) is 14.3. The number of carbonyl (C=O) groups excluding carboxylic acids is 1. The summed E-state index contributed by atoms with van der Waals surface area (Å²) < 4.78 is 5.48. The first-order valence-electron chi connectivity index (χ1n) is 7.00. The number of benzene rings is 1. The van der Waals surface area contributed by atoms with Gasteiger partial charge in [0.1, 0.15) is 0 Å². The number of likely N-dealkylation sites (tertiary alicyclic amines) is 1. The molecule has 2 atom stereocenters. The van der Waals surface area contributed by atoms with E-state index in [9.17, 15) is 4.79 Å². The Hall–Kier alpha value is -1.19. The fourth-order valence-electron chi connectivity index (χ4n) is 2.68. The van der Waals surface area contributed by atoms with E-state index in [1.54, 1.807) is 7.11 Å². The molecule has 104 valence electrons. The molecule has 0 radical (unpaired) electrons. The summed E-state index contributed by atoms with van der Waals surface area (Å²) >= 11 is 0. The number of rotatable bonds is 5. The second kappa shape index (κ2) is 6.83. The summed E-state index contributed by atoms with van der Waals surface area (Å²) in [5, 5.41) is 0. The minimum Gasteiger partial charge on any atom is -0.380 e. The summed E-state index contributed by atoms with van der Waals surface area (Å²) in [6, 6.07) is 9.95. The lowest BCUT2D eigenvalue weighted by atomic mass is 9.95. The number of nitrogens with zero attached hydrogens (tertiary/aromatic N) is 1. The number of methoxy groups -OCH3 is 1. The van der Waals surface area contributed by atoms with E-state index in [2.05, 4.69) is 11.8 Å². The molecule has 2 rings (SSSR count). The monoisotopic (exact) mass is 261 g/mol. The van der Waals surface area contributed by atoms with Crippen LogP contribution in [0.1, 0.15) is 18.9 Å². The smallest absolute Gasteiger partial charge is 0.151 e. The summed E-state index contributed by atoms with van der Waals surface area (Å²) in [7, 11) is 1.76. The maximum atomic E-state index is 12.1. The van der Waals surface area contributed by atoms with Crippen molar-refractivity contribution in [1.29, 1.82) is 0 Å². The van der Waals surface area contributed by atoms with Crippen LogP contribution in [-0.4, -0.2) is 43.5 Å². The Bertz CT molecular complexity index is 404. The summed E-state index contributed by atoms with van der Waals surface area (Å²) in [5.74, 6) is 0.876. The Kier molecular flexibility index (Phi) is 5.11.